The normalized spacial score (nSPS) is 12.6. The summed E-state index contributed by atoms with van der Waals surface area (Å²) >= 11 is 40.7. The number of epoxide rings is 1. The highest BCUT2D eigenvalue weighted by atomic mass is 36.0. The van der Waals surface area contributed by atoms with Gasteiger partial charge in [0.05, 0.1) is 47.4 Å². The van der Waals surface area contributed by atoms with Gasteiger partial charge in [0.25, 0.3) is 0 Å². The topological polar surface area (TPSA) is 171 Å². The number of nitrogens with zero attached hydrogens (tertiary/aromatic N) is 4. The molecule has 1 saturated heterocycles. The van der Waals surface area contributed by atoms with Gasteiger partial charge >= 0.3 is 0 Å². The summed E-state index contributed by atoms with van der Waals surface area (Å²) in [6.45, 7) is 5.92. The lowest BCUT2D eigenvalue weighted by Crippen LogP contribution is -2.31. The first-order chi connectivity index (χ1) is 40.9. The van der Waals surface area contributed by atoms with Crippen molar-refractivity contribution in [3.05, 3.63) is 233 Å². The third kappa shape index (κ3) is 34.0. The van der Waals surface area contributed by atoms with Crippen LogP contribution in [0.25, 0.3) is 0 Å². The number of nitriles is 1. The minimum atomic E-state index is -1.67. The van der Waals surface area contributed by atoms with E-state index < -0.39 is 50.2 Å². The molecule has 27 heteroatoms. The van der Waals surface area contributed by atoms with Crippen molar-refractivity contribution in [1.82, 2.24) is 20.1 Å². The monoisotopic (exact) mass is 1390 g/mol. The quantitative estimate of drug-likeness (QED) is 0.0172. The number of benzene rings is 6. The van der Waals surface area contributed by atoms with Gasteiger partial charge in [-0.25, -0.2) is 35.5 Å². The van der Waals surface area contributed by atoms with Gasteiger partial charge in [-0.2, -0.15) is 5.26 Å². The highest BCUT2D eigenvalue weighted by molar-refractivity contribution is 8.26. The van der Waals surface area contributed by atoms with Crippen molar-refractivity contribution in [2.24, 2.45) is 0 Å². The van der Waals surface area contributed by atoms with Gasteiger partial charge in [-0.05, 0) is 112 Å². The minimum absolute atomic E-state index is 0.0314. The van der Waals surface area contributed by atoms with E-state index in [1.54, 1.807) is 53.4 Å². The van der Waals surface area contributed by atoms with Gasteiger partial charge < -0.3 is 31.1 Å². The molecule has 6 aromatic carbocycles. The van der Waals surface area contributed by atoms with Crippen LogP contribution < -0.4 is 11.1 Å². The molecule has 0 amide bonds. The van der Waals surface area contributed by atoms with Crippen molar-refractivity contribution in [1.29, 1.82) is 5.26 Å². The number of nitrogens with two attached hydrogens (primary N) is 1. The number of anilines is 1. The zero-order chi connectivity index (χ0) is 64.1. The molecule has 0 saturated carbocycles. The first-order valence-electron chi connectivity index (χ1n) is 25.6. The van der Waals surface area contributed by atoms with Gasteiger partial charge in [0, 0.05) is 107 Å². The van der Waals surface area contributed by atoms with Gasteiger partial charge in [-0.3, -0.25) is 9.80 Å². The van der Waals surface area contributed by atoms with Crippen LogP contribution in [0.4, 0.5) is 32.2 Å². The van der Waals surface area contributed by atoms with Gasteiger partial charge in [-0.1, -0.05) is 120 Å². The van der Waals surface area contributed by atoms with E-state index in [0.717, 1.165) is 47.5 Å². The van der Waals surface area contributed by atoms with E-state index in [-0.39, 0.29) is 25.1 Å². The van der Waals surface area contributed by atoms with Crippen LogP contribution in [0.1, 0.15) is 64.3 Å². The number of aromatic nitrogens is 1. The fraction of sp³-hybridized carbons (Fsp3) is 0.288. The molecule has 0 radical (unpaired) electrons. The maximum Gasteiger partial charge on any atom is 0.211 e. The van der Waals surface area contributed by atoms with Gasteiger partial charge in [0.2, 0.25) is 9.23 Å². The highest BCUT2D eigenvalue weighted by Gasteiger charge is 2.24. The number of aliphatic hydroxyl groups is 3. The second-order valence-corrected chi connectivity index (χ2v) is 23.3. The van der Waals surface area contributed by atoms with Crippen molar-refractivity contribution in [3.63, 3.8) is 0 Å². The molecule has 3 unspecified atom stereocenters. The predicted octanol–water partition coefficient (Wildman–Crippen LogP) is 16.2. The number of rotatable bonds is 19. The van der Waals surface area contributed by atoms with Crippen molar-refractivity contribution in [2.75, 3.05) is 64.2 Å². The molecular weight excluding hydrogens is 1340 g/mol. The molecule has 0 aliphatic carbocycles. The van der Waals surface area contributed by atoms with Crippen LogP contribution in [-0.2, 0) is 33.6 Å². The summed E-state index contributed by atoms with van der Waals surface area (Å²) in [5.41, 5.74) is 10.1. The van der Waals surface area contributed by atoms with E-state index in [4.69, 9.17) is 111 Å². The van der Waals surface area contributed by atoms with Crippen LogP contribution in [0.3, 0.4) is 0 Å². The van der Waals surface area contributed by atoms with Crippen LogP contribution in [0.2, 0.25) is 25.1 Å². The zero-order valence-corrected chi connectivity index (χ0v) is 53.4. The lowest BCUT2D eigenvalue weighted by Gasteiger charge is -2.24. The molecule has 468 valence electrons. The zero-order valence-electron chi connectivity index (χ0n) is 45.8. The van der Waals surface area contributed by atoms with Crippen molar-refractivity contribution < 1.29 is 50.6 Å². The summed E-state index contributed by atoms with van der Waals surface area (Å²) < 4.78 is 91.8. The molecule has 1 aliphatic rings. The van der Waals surface area contributed by atoms with E-state index in [0.29, 0.717) is 112 Å². The Bertz CT molecular complexity index is 3000. The molecule has 1 aromatic heterocycles. The number of nitrogen functional groups attached to an aromatic ring is 1. The Morgan fingerprint density at radius 2 is 1.10 bits per heavy atom. The summed E-state index contributed by atoms with van der Waals surface area (Å²) in [5.74, 6) is -4.47. The fourth-order valence-corrected chi connectivity index (χ4v) is 8.20. The third-order valence-electron chi connectivity index (χ3n) is 11.1. The van der Waals surface area contributed by atoms with E-state index in [1.165, 1.54) is 30.0 Å². The lowest BCUT2D eigenvalue weighted by atomic mass is 10.1. The lowest BCUT2D eigenvalue weighted by molar-refractivity contribution is 0.0956. The average Bonchev–Trinajstić information content (AvgIpc) is 3.79. The standard InChI is InChI=1S/C17H16Cl3F2N.C17H18ClF2NO2.C9H11F2NO.C8H7ClO.C5H4Cl2N2.C3H5N.Cl2OS/c18-7-8-23(10-12-1-6-16(21)17(22)9-12)11-15(20)13-2-4-14(19)5-3-13;18-14-4-2-13(3-5-14)17(23)11-21(7-8-22)10-12-1-6-15(19)16(20)9-12;10-8-2-1-7(5-9(8)11)6-12-3-4-13;9-7-3-1-6(2-4-7)8-5-10-8;6-3-1-4(7)5(8)9-2-3;1-2-3-4;1-4(2)3/h1-6,9,15H,7-8,10-11H2;1-6,9,17,22-23H,7-8,10-11H2;1-2,5,12-13H,3-4,6H2;1-4,8H,5H2;1-2H,(H2,8,9);2H2,1H3;. The molecule has 2 heterocycles. The smallest absolute Gasteiger partial charge is 0.211 e. The molecule has 7 aromatic rings. The summed E-state index contributed by atoms with van der Waals surface area (Å²) in [6.07, 6.45) is 1.64. The van der Waals surface area contributed by atoms with E-state index >= 15 is 0 Å². The number of hydrogen-bond donors (Lipinski definition) is 5. The second kappa shape index (κ2) is 44.3. The SMILES string of the molecule is CCC#N.Clc1ccc(C2CO2)cc1.Fc1ccc(CN(CCCl)CC(Cl)c2ccc(Cl)cc2)cc1F.Nc1ncc(Cl)cc1Cl.O=S(Cl)Cl.OCCN(Cc1ccc(F)c(F)c1)CC(O)c1ccc(Cl)cc1.OCCNCc1ccc(F)c(F)c1. The van der Waals surface area contributed by atoms with Crippen molar-refractivity contribution >= 4 is 118 Å². The van der Waals surface area contributed by atoms with Gasteiger partial charge in [0.1, 0.15) is 11.9 Å². The third-order valence-corrected chi connectivity index (χ3v) is 12.9. The molecule has 8 rings (SSSR count). The number of aliphatic hydroxyl groups excluding tert-OH is 3. The van der Waals surface area contributed by atoms with Crippen LogP contribution in [0.5, 0.6) is 0 Å². The Morgan fingerprint density at radius 3 is 1.50 bits per heavy atom. The molecule has 6 N–H and O–H groups in total. The van der Waals surface area contributed by atoms with E-state index in [9.17, 15) is 31.4 Å². The number of pyridine rings is 1. The average molecular weight is 1400 g/mol. The predicted molar refractivity (Wildman–Crippen MR) is 337 cm³/mol. The minimum Gasteiger partial charge on any atom is -0.395 e. The summed E-state index contributed by atoms with van der Waals surface area (Å²) in [6, 6.07) is 36.7. The van der Waals surface area contributed by atoms with Crippen LogP contribution >= 0.6 is 103 Å². The van der Waals surface area contributed by atoms with Crippen LogP contribution in [0.15, 0.2) is 140 Å². The first kappa shape index (κ1) is 77.9. The molecular formula is C59H61Cl9F6N6O5S. The van der Waals surface area contributed by atoms with Crippen LogP contribution in [0, 0.1) is 46.2 Å². The number of ether oxygens (including phenoxy) is 1. The first-order valence-corrected chi connectivity index (χ1v) is 31.2. The fourth-order valence-electron chi connectivity index (χ4n) is 6.87. The summed E-state index contributed by atoms with van der Waals surface area (Å²) in [7, 11) is 7.36. The number of halogens is 15. The summed E-state index contributed by atoms with van der Waals surface area (Å²) in [5, 5.41) is 41.0. The van der Waals surface area contributed by atoms with E-state index in [2.05, 4.69) is 31.7 Å². The highest BCUT2D eigenvalue weighted by Crippen LogP contribution is 2.30. The largest absolute Gasteiger partial charge is 0.395 e. The Balaban J connectivity index is 0.000000370. The van der Waals surface area contributed by atoms with E-state index in [1.807, 2.05) is 54.3 Å². The number of hydrogen-bond acceptors (Lipinski definition) is 11. The Labute approximate surface area is 543 Å². The molecule has 1 aliphatic heterocycles. The van der Waals surface area contributed by atoms with Crippen LogP contribution in [-0.4, -0.2) is 92.7 Å². The summed E-state index contributed by atoms with van der Waals surface area (Å²) in [4.78, 5) is 7.47. The molecule has 11 nitrogen and oxygen atoms in total. The molecule has 0 spiro atoms. The second-order valence-electron chi connectivity index (χ2n) is 17.7. The van der Waals surface area contributed by atoms with Gasteiger partial charge in [-0.15, -0.1) is 23.2 Å². The maximum atomic E-state index is 13.3. The van der Waals surface area contributed by atoms with Crippen molar-refractivity contribution in [3.8, 4) is 6.07 Å². The number of alkyl halides is 2. The number of nitrogens with one attached hydrogen (secondary N) is 1. The molecule has 1 fully saturated rings. The Morgan fingerprint density at radius 1 is 0.674 bits per heavy atom. The molecule has 0 bridgehead atoms. The molecule has 86 heavy (non-hydrogen) atoms. The van der Waals surface area contributed by atoms with Crippen molar-refractivity contribution in [2.45, 2.75) is 50.6 Å². The Hall–Kier alpha value is -4.18. The maximum absolute atomic E-state index is 13.3. The van der Waals surface area contributed by atoms with Gasteiger partial charge in [0.15, 0.2) is 34.9 Å². The molecule has 3 atom stereocenters. The Kier molecular flexibility index (Phi) is 40.1.